The van der Waals surface area contributed by atoms with E-state index in [0.717, 1.165) is 6.42 Å². The number of aromatic nitrogens is 2. The van der Waals surface area contributed by atoms with E-state index in [-0.39, 0.29) is 30.0 Å². The molecule has 4 unspecified atom stereocenters. The molecule has 0 spiro atoms. The van der Waals surface area contributed by atoms with E-state index < -0.39 is 23.7 Å². The average Bonchev–Trinajstić information content (AvgIpc) is 3.28. The zero-order valence-electron chi connectivity index (χ0n) is 17.1. The van der Waals surface area contributed by atoms with Gasteiger partial charge in [0.15, 0.2) is 0 Å². The van der Waals surface area contributed by atoms with Gasteiger partial charge in [0, 0.05) is 17.8 Å². The van der Waals surface area contributed by atoms with Crippen molar-refractivity contribution in [3.8, 4) is 0 Å². The lowest BCUT2D eigenvalue weighted by molar-refractivity contribution is -0.132. The van der Waals surface area contributed by atoms with Gasteiger partial charge in [-0.25, -0.2) is 9.18 Å². The van der Waals surface area contributed by atoms with E-state index in [1.165, 1.54) is 29.1 Å². The molecule has 0 radical (unpaired) electrons. The molecule has 2 fully saturated rings. The van der Waals surface area contributed by atoms with Gasteiger partial charge >= 0.3 is 6.03 Å². The third kappa shape index (κ3) is 3.49. The molecule has 4 N–H and O–H groups in total. The fourth-order valence-corrected chi connectivity index (χ4v) is 4.93. The van der Waals surface area contributed by atoms with E-state index >= 15 is 0 Å². The van der Waals surface area contributed by atoms with Crippen LogP contribution < -0.4 is 16.4 Å². The lowest BCUT2D eigenvalue weighted by Gasteiger charge is -2.21. The Morgan fingerprint density at radius 3 is 2.72 bits per heavy atom. The molecule has 3 aromatic rings. The lowest BCUT2D eigenvalue weighted by atomic mass is 9.89. The van der Waals surface area contributed by atoms with Crippen LogP contribution in [0.3, 0.4) is 0 Å². The minimum atomic E-state index is -0.649. The first-order chi connectivity index (χ1) is 15.4. The number of nitrogens with one attached hydrogen (secondary N) is 2. The maximum Gasteiger partial charge on any atom is 0.323 e. The molecular formula is C23H22FN5O3. The predicted molar refractivity (Wildman–Crippen MR) is 115 cm³/mol. The maximum atomic E-state index is 13.8. The molecule has 4 atom stereocenters. The van der Waals surface area contributed by atoms with Crippen molar-refractivity contribution in [2.45, 2.75) is 19.4 Å². The minimum absolute atomic E-state index is 0.0300. The van der Waals surface area contributed by atoms with E-state index in [1.54, 1.807) is 18.2 Å². The summed E-state index contributed by atoms with van der Waals surface area (Å²) < 4.78 is 15.1. The number of nitrogens with zero attached hydrogens (tertiary/aromatic N) is 2. The van der Waals surface area contributed by atoms with Crippen molar-refractivity contribution < 1.29 is 18.8 Å². The molecule has 32 heavy (non-hydrogen) atoms. The molecule has 5 rings (SSSR count). The van der Waals surface area contributed by atoms with E-state index in [4.69, 9.17) is 5.73 Å². The van der Waals surface area contributed by atoms with E-state index in [2.05, 4.69) is 15.6 Å². The predicted octanol–water partition coefficient (Wildman–Crippen LogP) is 2.63. The Bertz CT molecular complexity index is 1240. The molecule has 2 aliphatic rings. The van der Waals surface area contributed by atoms with Crippen molar-refractivity contribution in [3.05, 3.63) is 60.3 Å². The average molecular weight is 435 g/mol. The highest BCUT2D eigenvalue weighted by Crippen LogP contribution is 2.58. The Morgan fingerprint density at radius 2 is 1.94 bits per heavy atom. The number of carbonyl (C=O) groups is 3. The van der Waals surface area contributed by atoms with Crippen molar-refractivity contribution in [2.24, 2.45) is 29.4 Å². The molecule has 9 heteroatoms. The molecule has 2 aliphatic carbocycles. The van der Waals surface area contributed by atoms with Gasteiger partial charge in [-0.2, -0.15) is 0 Å². The molecule has 0 aliphatic heterocycles. The van der Waals surface area contributed by atoms with Crippen LogP contribution in [0.15, 0.2) is 48.8 Å². The second-order valence-corrected chi connectivity index (χ2v) is 8.43. The van der Waals surface area contributed by atoms with Crippen molar-refractivity contribution >= 4 is 34.4 Å². The summed E-state index contributed by atoms with van der Waals surface area (Å²) in [4.78, 5) is 41.8. The second kappa shape index (κ2) is 7.74. The van der Waals surface area contributed by atoms with Crippen LogP contribution in [-0.4, -0.2) is 27.4 Å². The summed E-state index contributed by atoms with van der Waals surface area (Å²) in [6.07, 6.45) is 4.51. The van der Waals surface area contributed by atoms with Gasteiger partial charge in [-0.15, -0.1) is 0 Å². The number of benzene rings is 1. The van der Waals surface area contributed by atoms with Gasteiger partial charge in [-0.3, -0.25) is 19.1 Å². The number of rotatable bonds is 5. The number of hydrogen-bond acceptors (Lipinski definition) is 4. The summed E-state index contributed by atoms with van der Waals surface area (Å²) in [5.74, 6) is -1.49. The van der Waals surface area contributed by atoms with Crippen LogP contribution in [0.2, 0.25) is 0 Å². The number of nitrogens with two attached hydrogens (primary N) is 1. The fourth-order valence-electron chi connectivity index (χ4n) is 4.93. The third-order valence-corrected chi connectivity index (χ3v) is 6.54. The summed E-state index contributed by atoms with van der Waals surface area (Å²) in [6.45, 7) is -0.0300. The van der Waals surface area contributed by atoms with Gasteiger partial charge in [0.1, 0.15) is 5.82 Å². The number of anilines is 1. The minimum Gasteiger partial charge on any atom is -0.351 e. The van der Waals surface area contributed by atoms with Gasteiger partial charge < -0.3 is 16.4 Å². The Labute approximate surface area is 183 Å². The monoisotopic (exact) mass is 435 g/mol. The van der Waals surface area contributed by atoms with Crippen LogP contribution in [0, 0.1) is 29.5 Å². The van der Waals surface area contributed by atoms with Crippen molar-refractivity contribution in [1.82, 2.24) is 14.9 Å². The molecule has 3 amide bonds. The van der Waals surface area contributed by atoms with E-state index in [0.29, 0.717) is 28.9 Å². The van der Waals surface area contributed by atoms with Crippen molar-refractivity contribution in [2.75, 3.05) is 5.32 Å². The standard InChI is InChI=1S/C23H22FN5O3/c24-16-5-3-7-26-17(16)10-27-21(30)15-9-12-8-14(12)20(15)22(31)28-18-11-29(23(25)32)19-6-2-1-4-13(18)19/h1-7,11-12,14-15,20H,8-10H2,(H2,25,32)(H,27,30)(H,28,31). The molecule has 2 saturated carbocycles. The van der Waals surface area contributed by atoms with Crippen LogP contribution in [0.4, 0.5) is 14.9 Å². The normalized spacial score (nSPS) is 23.5. The zero-order chi connectivity index (χ0) is 22.4. The highest BCUT2D eigenvalue weighted by Gasteiger charge is 2.58. The zero-order valence-corrected chi connectivity index (χ0v) is 17.1. The second-order valence-electron chi connectivity index (χ2n) is 8.43. The summed E-state index contributed by atoms with van der Waals surface area (Å²) in [5, 5.41) is 6.33. The van der Waals surface area contributed by atoms with E-state index in [9.17, 15) is 18.8 Å². The Hall–Kier alpha value is -3.75. The van der Waals surface area contributed by atoms with Crippen LogP contribution in [0.25, 0.3) is 10.9 Å². The quantitative estimate of drug-likeness (QED) is 0.571. The van der Waals surface area contributed by atoms with Crippen molar-refractivity contribution in [1.29, 1.82) is 0 Å². The molecule has 0 bridgehead atoms. The summed E-state index contributed by atoms with van der Waals surface area (Å²) in [5.41, 5.74) is 6.68. The molecule has 1 aromatic carbocycles. The first-order valence-electron chi connectivity index (χ1n) is 10.5. The highest BCUT2D eigenvalue weighted by atomic mass is 19.1. The SMILES string of the molecule is NC(=O)n1cc(NC(=O)C2C(C(=O)NCc3ncccc3F)CC3CC32)c2ccccc21. The van der Waals surface area contributed by atoms with Crippen LogP contribution in [0.1, 0.15) is 18.5 Å². The number of carbonyl (C=O) groups excluding carboxylic acids is 3. The number of para-hydroxylation sites is 1. The van der Waals surface area contributed by atoms with E-state index in [1.807, 2.05) is 6.07 Å². The van der Waals surface area contributed by atoms with Crippen LogP contribution >= 0.6 is 0 Å². The molecule has 0 saturated heterocycles. The number of primary amides is 1. The number of pyridine rings is 1. The topological polar surface area (TPSA) is 119 Å². The van der Waals surface area contributed by atoms with Crippen molar-refractivity contribution in [3.63, 3.8) is 0 Å². The van der Waals surface area contributed by atoms with Gasteiger partial charge in [0.05, 0.1) is 35.3 Å². The molecule has 2 aromatic heterocycles. The Kier molecular flexibility index (Phi) is 4.88. The highest BCUT2D eigenvalue weighted by molar-refractivity contribution is 6.06. The fraction of sp³-hybridized carbons (Fsp3) is 0.304. The van der Waals surface area contributed by atoms with Gasteiger partial charge in [-0.05, 0) is 42.9 Å². The number of amides is 3. The summed E-state index contributed by atoms with van der Waals surface area (Å²) in [7, 11) is 0. The number of fused-ring (bicyclic) bond motifs is 2. The maximum absolute atomic E-state index is 13.8. The van der Waals surface area contributed by atoms with Gasteiger partial charge in [0.25, 0.3) is 0 Å². The van der Waals surface area contributed by atoms with Gasteiger partial charge in [0.2, 0.25) is 11.8 Å². The first-order valence-corrected chi connectivity index (χ1v) is 10.5. The Morgan fingerprint density at radius 1 is 1.12 bits per heavy atom. The number of halogens is 1. The third-order valence-electron chi connectivity index (χ3n) is 6.54. The smallest absolute Gasteiger partial charge is 0.323 e. The van der Waals surface area contributed by atoms with Crippen LogP contribution in [0.5, 0.6) is 0 Å². The first kappa shape index (κ1) is 20.2. The Balaban J connectivity index is 1.33. The van der Waals surface area contributed by atoms with Crippen LogP contribution in [-0.2, 0) is 16.1 Å². The number of hydrogen-bond donors (Lipinski definition) is 3. The summed E-state index contributed by atoms with van der Waals surface area (Å²) in [6, 6.07) is 9.26. The molecule has 2 heterocycles. The molecule has 164 valence electrons. The molecule has 8 nitrogen and oxygen atoms in total. The molecular weight excluding hydrogens is 413 g/mol. The largest absolute Gasteiger partial charge is 0.351 e. The van der Waals surface area contributed by atoms with Gasteiger partial charge in [-0.1, -0.05) is 18.2 Å². The summed E-state index contributed by atoms with van der Waals surface area (Å²) >= 11 is 0. The lowest BCUT2D eigenvalue weighted by Crippen LogP contribution is -2.38.